The van der Waals surface area contributed by atoms with Crippen LogP contribution < -0.4 is 16.4 Å². The second-order valence-corrected chi connectivity index (χ2v) is 12.8. The van der Waals surface area contributed by atoms with Crippen LogP contribution >= 0.6 is 11.3 Å². The Morgan fingerprint density at radius 3 is 2.36 bits per heavy atom. The molecule has 0 aliphatic carbocycles. The molecule has 0 aliphatic rings. The molecule has 0 spiro atoms. The number of nitrogen functional groups attached to an aromatic ring is 1. The number of nitrogens with two attached hydrogens (primary N) is 1. The normalized spacial score (nSPS) is 13.1. The first-order valence-electron chi connectivity index (χ1n) is 12.9. The highest BCUT2D eigenvalue weighted by molar-refractivity contribution is 7.85. The number of rotatable bonds is 11. The van der Waals surface area contributed by atoms with Gasteiger partial charge in [0.05, 0.1) is 35.2 Å². The van der Waals surface area contributed by atoms with E-state index < -0.39 is 45.8 Å². The van der Waals surface area contributed by atoms with Gasteiger partial charge in [0.2, 0.25) is 5.91 Å². The van der Waals surface area contributed by atoms with Gasteiger partial charge < -0.3 is 25.8 Å². The highest BCUT2D eigenvalue weighted by Crippen LogP contribution is 2.28. The summed E-state index contributed by atoms with van der Waals surface area (Å²) in [6, 6.07) is 11.2. The van der Waals surface area contributed by atoms with E-state index in [0.717, 1.165) is 11.6 Å². The number of benzene rings is 2. The van der Waals surface area contributed by atoms with Crippen molar-refractivity contribution in [1.29, 1.82) is 0 Å². The number of anilines is 1. The Balaban J connectivity index is 1.76. The lowest BCUT2D eigenvalue weighted by Crippen LogP contribution is -2.43. The van der Waals surface area contributed by atoms with Crippen LogP contribution in [-0.2, 0) is 48.4 Å². The average molecular weight is 619 g/mol. The number of ether oxygens (including phenoxy) is 2. The molecule has 1 aromatic heterocycles. The van der Waals surface area contributed by atoms with Gasteiger partial charge in [0.15, 0.2) is 0 Å². The monoisotopic (exact) mass is 618 g/mol. The van der Waals surface area contributed by atoms with E-state index in [1.165, 1.54) is 30.6 Å². The lowest BCUT2D eigenvalue weighted by Gasteiger charge is -2.24. The second-order valence-electron chi connectivity index (χ2n) is 10.4. The molecule has 0 fully saturated rings. The number of thiazole rings is 1. The predicted octanol–water partition coefficient (Wildman–Crippen LogP) is 3.22. The van der Waals surface area contributed by atoms with E-state index in [9.17, 15) is 27.4 Å². The second kappa shape index (κ2) is 13.8. The van der Waals surface area contributed by atoms with Crippen molar-refractivity contribution in [3.8, 4) is 0 Å². The molecule has 2 atom stereocenters. The molecule has 0 radical (unpaired) electrons. The quantitative estimate of drug-likeness (QED) is 0.141. The number of nitrogens with one attached hydrogen (secondary N) is 2. The minimum atomic E-state index is -4.48. The zero-order valence-electron chi connectivity index (χ0n) is 23.6. The van der Waals surface area contributed by atoms with Crippen molar-refractivity contribution >= 4 is 45.1 Å². The van der Waals surface area contributed by atoms with Gasteiger partial charge in [0.25, 0.3) is 10.1 Å². The van der Waals surface area contributed by atoms with E-state index in [1.54, 1.807) is 26.2 Å². The van der Waals surface area contributed by atoms with Gasteiger partial charge in [0.1, 0.15) is 11.6 Å². The molecule has 3 rings (SSSR count). The molecule has 14 heteroatoms. The first-order chi connectivity index (χ1) is 19.6. The summed E-state index contributed by atoms with van der Waals surface area (Å²) in [5.74, 6) is -0.994. The van der Waals surface area contributed by atoms with E-state index in [4.69, 9.17) is 15.2 Å². The predicted molar refractivity (Wildman–Crippen MR) is 156 cm³/mol. The number of hydrogen-bond donors (Lipinski definition) is 4. The molecule has 226 valence electrons. The molecule has 0 bridgehead atoms. The third kappa shape index (κ3) is 9.82. The Kier molecular flexibility index (Phi) is 10.7. The van der Waals surface area contributed by atoms with Crippen molar-refractivity contribution in [2.75, 3.05) is 12.8 Å². The summed E-state index contributed by atoms with van der Waals surface area (Å²) in [5, 5.41) is 7.68. The van der Waals surface area contributed by atoms with Gasteiger partial charge in [-0.25, -0.2) is 14.6 Å². The van der Waals surface area contributed by atoms with Gasteiger partial charge in [-0.15, -0.1) is 11.3 Å². The highest BCUT2D eigenvalue weighted by atomic mass is 32.2. The van der Waals surface area contributed by atoms with Crippen LogP contribution in [0.3, 0.4) is 0 Å². The van der Waals surface area contributed by atoms with Gasteiger partial charge in [-0.1, -0.05) is 36.4 Å². The summed E-state index contributed by atoms with van der Waals surface area (Å²) in [6.45, 7) is 5.12. The molecule has 0 saturated heterocycles. The molecular weight excluding hydrogens is 584 g/mol. The van der Waals surface area contributed by atoms with Crippen LogP contribution in [-0.4, -0.2) is 54.7 Å². The lowest BCUT2D eigenvalue weighted by molar-refractivity contribution is -0.145. The Hall–Kier alpha value is -4.01. The first-order valence-corrected chi connectivity index (χ1v) is 15.2. The van der Waals surface area contributed by atoms with Crippen molar-refractivity contribution in [1.82, 2.24) is 15.6 Å². The van der Waals surface area contributed by atoms with E-state index in [-0.39, 0.29) is 29.8 Å². The summed E-state index contributed by atoms with van der Waals surface area (Å²) < 4.78 is 42.7. The lowest BCUT2D eigenvalue weighted by atomic mass is 10.0. The topological polar surface area (TPSA) is 187 Å². The van der Waals surface area contributed by atoms with Gasteiger partial charge in [-0.3, -0.25) is 9.35 Å². The summed E-state index contributed by atoms with van der Waals surface area (Å²) >= 11 is 1.25. The minimum absolute atomic E-state index is 0.0228. The van der Waals surface area contributed by atoms with Gasteiger partial charge in [0, 0.05) is 23.9 Å². The van der Waals surface area contributed by atoms with E-state index >= 15 is 0 Å². The SMILES string of the molecule is COC(=O)C(Cc1ccccc1)NC(=O)Cc1csc(CC(NC(=O)OC(C)(C)C)c2ccc(S(=O)(=O)O)cc2N)n1. The molecule has 12 nitrogen and oxygen atoms in total. The molecule has 2 amide bonds. The number of carbonyl (C=O) groups excluding carboxylic acids is 3. The zero-order chi connectivity index (χ0) is 31.1. The van der Waals surface area contributed by atoms with Crippen molar-refractivity contribution in [2.45, 2.75) is 62.6 Å². The highest BCUT2D eigenvalue weighted by Gasteiger charge is 2.26. The van der Waals surface area contributed by atoms with Gasteiger partial charge >= 0.3 is 12.1 Å². The number of methoxy groups -OCH3 is 1. The molecule has 3 aromatic rings. The fourth-order valence-electron chi connectivity index (χ4n) is 4.01. The largest absolute Gasteiger partial charge is 0.467 e. The maximum Gasteiger partial charge on any atom is 0.408 e. The fourth-order valence-corrected chi connectivity index (χ4v) is 5.37. The third-order valence-electron chi connectivity index (χ3n) is 5.85. The number of carbonyl (C=O) groups is 3. The number of hydrogen-bond acceptors (Lipinski definition) is 10. The van der Waals surface area contributed by atoms with Crippen molar-refractivity contribution in [3.63, 3.8) is 0 Å². The Labute approximate surface area is 248 Å². The van der Waals surface area contributed by atoms with Crippen molar-refractivity contribution in [2.24, 2.45) is 0 Å². The number of aromatic nitrogens is 1. The van der Waals surface area contributed by atoms with Gasteiger partial charge in [-0.05, 0) is 44.0 Å². The number of nitrogens with zero attached hydrogens (tertiary/aromatic N) is 1. The maximum absolute atomic E-state index is 12.8. The Bertz CT molecular complexity index is 1520. The Morgan fingerprint density at radius 1 is 1.07 bits per heavy atom. The molecule has 2 unspecified atom stereocenters. The van der Waals surface area contributed by atoms with E-state index in [0.29, 0.717) is 16.3 Å². The number of alkyl carbamates (subject to hydrolysis) is 1. The molecular formula is C28H34N4O8S2. The molecule has 0 saturated carbocycles. The van der Waals surface area contributed by atoms with Crippen LogP contribution in [0.4, 0.5) is 10.5 Å². The number of amides is 2. The zero-order valence-corrected chi connectivity index (χ0v) is 25.3. The molecule has 1 heterocycles. The van der Waals surface area contributed by atoms with Crippen LogP contribution in [0.2, 0.25) is 0 Å². The van der Waals surface area contributed by atoms with E-state index in [1.807, 2.05) is 30.3 Å². The summed E-state index contributed by atoms with van der Waals surface area (Å²) in [7, 11) is -3.23. The Morgan fingerprint density at radius 2 is 1.76 bits per heavy atom. The van der Waals surface area contributed by atoms with Crippen LogP contribution in [0.1, 0.15) is 48.6 Å². The van der Waals surface area contributed by atoms with E-state index in [2.05, 4.69) is 15.6 Å². The van der Waals surface area contributed by atoms with Gasteiger partial charge in [-0.2, -0.15) is 8.42 Å². The van der Waals surface area contributed by atoms with Crippen molar-refractivity contribution in [3.05, 3.63) is 75.7 Å². The maximum atomic E-state index is 12.8. The molecule has 2 aromatic carbocycles. The molecule has 42 heavy (non-hydrogen) atoms. The number of esters is 1. The van der Waals surface area contributed by atoms with Crippen LogP contribution in [0.5, 0.6) is 0 Å². The molecule has 5 N–H and O–H groups in total. The standard InChI is InChI=1S/C28H34N4O8S2/c1-28(2,3)40-27(35)32-22(20-11-10-19(14-21(20)29)42(36,37)38)15-25-30-18(16-41-25)13-24(33)31-23(26(34)39-4)12-17-8-6-5-7-9-17/h5-11,14,16,22-23H,12-13,15,29H2,1-4H3,(H,31,33)(H,32,35)(H,36,37,38). The minimum Gasteiger partial charge on any atom is -0.467 e. The summed E-state index contributed by atoms with van der Waals surface area (Å²) in [6.07, 6.45) is -0.431. The molecule has 0 aliphatic heterocycles. The van der Waals surface area contributed by atoms with Crippen LogP contribution in [0, 0.1) is 0 Å². The smallest absolute Gasteiger partial charge is 0.408 e. The average Bonchev–Trinajstić information content (AvgIpc) is 3.32. The third-order valence-corrected chi connectivity index (χ3v) is 7.62. The summed E-state index contributed by atoms with van der Waals surface area (Å²) in [4.78, 5) is 41.8. The van der Waals surface area contributed by atoms with Crippen LogP contribution in [0.15, 0.2) is 58.8 Å². The first kappa shape index (κ1) is 32.5. The van der Waals surface area contributed by atoms with Crippen molar-refractivity contribution < 1.29 is 36.8 Å². The fraction of sp³-hybridized carbons (Fsp3) is 0.357. The summed E-state index contributed by atoms with van der Waals surface area (Å²) in [5.41, 5.74) is 7.04. The van der Waals surface area contributed by atoms with Crippen LogP contribution in [0.25, 0.3) is 0 Å².